The maximum absolute atomic E-state index is 13.3. The number of rotatable bonds is 2. The molecular weight excluding hydrogens is 363 g/mol. The van der Waals surface area contributed by atoms with Gasteiger partial charge in [0.25, 0.3) is 0 Å². The van der Waals surface area contributed by atoms with Crippen molar-refractivity contribution in [3.8, 4) is 5.69 Å². The summed E-state index contributed by atoms with van der Waals surface area (Å²) in [4.78, 5) is 15.5. The Labute approximate surface area is 131 Å². The molecule has 0 unspecified atom stereocenters. The second-order valence-electron chi connectivity index (χ2n) is 4.31. The Morgan fingerprint density at radius 3 is 2.81 bits per heavy atom. The third-order valence-electron chi connectivity index (χ3n) is 3.02. The quantitative estimate of drug-likeness (QED) is 0.733. The molecule has 4 nitrogen and oxygen atoms in total. The molecule has 0 spiro atoms. The van der Waals surface area contributed by atoms with E-state index in [1.165, 1.54) is 23.0 Å². The molecule has 3 aromatic rings. The highest BCUT2D eigenvalue weighted by molar-refractivity contribution is 9.10. The van der Waals surface area contributed by atoms with E-state index in [-0.39, 0.29) is 10.6 Å². The van der Waals surface area contributed by atoms with Crippen molar-refractivity contribution < 1.29 is 14.3 Å². The molecule has 0 aliphatic carbocycles. The van der Waals surface area contributed by atoms with Crippen LogP contribution in [0.25, 0.3) is 16.7 Å². The van der Waals surface area contributed by atoms with Gasteiger partial charge in [0.1, 0.15) is 12.1 Å². The summed E-state index contributed by atoms with van der Waals surface area (Å²) < 4.78 is 15.3. The van der Waals surface area contributed by atoms with Crippen molar-refractivity contribution in [3.05, 3.63) is 57.5 Å². The van der Waals surface area contributed by atoms with E-state index >= 15 is 0 Å². The predicted octanol–water partition coefficient (Wildman–Crippen LogP) is 4.28. The van der Waals surface area contributed by atoms with Gasteiger partial charge in [-0.15, -0.1) is 0 Å². The first-order chi connectivity index (χ1) is 9.99. The summed E-state index contributed by atoms with van der Waals surface area (Å²) in [7, 11) is 0. The average Bonchev–Trinajstić information content (AvgIpc) is 2.81. The van der Waals surface area contributed by atoms with Crippen LogP contribution in [0.4, 0.5) is 4.39 Å². The zero-order valence-corrected chi connectivity index (χ0v) is 12.7. The van der Waals surface area contributed by atoms with Crippen LogP contribution in [0, 0.1) is 5.82 Å². The summed E-state index contributed by atoms with van der Waals surface area (Å²) >= 11 is 9.34. The zero-order chi connectivity index (χ0) is 15.1. The Balaban J connectivity index is 2.39. The Morgan fingerprint density at radius 2 is 2.14 bits per heavy atom. The number of carbonyl (C=O) groups is 1. The van der Waals surface area contributed by atoms with Gasteiger partial charge in [-0.3, -0.25) is 4.57 Å². The number of benzene rings is 2. The fourth-order valence-corrected chi connectivity index (χ4v) is 3.21. The maximum atomic E-state index is 13.3. The molecule has 0 aliphatic heterocycles. The molecule has 21 heavy (non-hydrogen) atoms. The van der Waals surface area contributed by atoms with Crippen LogP contribution in [0.1, 0.15) is 10.4 Å². The number of aromatic nitrogens is 2. The van der Waals surface area contributed by atoms with Gasteiger partial charge in [0, 0.05) is 4.47 Å². The molecule has 0 atom stereocenters. The van der Waals surface area contributed by atoms with Crippen LogP contribution in [0.15, 0.2) is 41.1 Å². The largest absolute Gasteiger partial charge is 0.478 e. The highest BCUT2D eigenvalue weighted by atomic mass is 79.9. The molecule has 2 aromatic carbocycles. The molecule has 1 heterocycles. The van der Waals surface area contributed by atoms with Crippen LogP contribution < -0.4 is 0 Å². The van der Waals surface area contributed by atoms with Gasteiger partial charge in [0.05, 0.1) is 27.3 Å². The van der Waals surface area contributed by atoms with E-state index in [2.05, 4.69) is 20.9 Å². The Bertz CT molecular complexity index is 856. The molecule has 106 valence electrons. The maximum Gasteiger partial charge on any atom is 0.337 e. The van der Waals surface area contributed by atoms with Crippen molar-refractivity contribution in [1.82, 2.24) is 9.55 Å². The molecule has 0 radical (unpaired) electrons. The minimum atomic E-state index is -1.07. The average molecular weight is 370 g/mol. The molecule has 1 aromatic heterocycles. The molecule has 0 saturated heterocycles. The van der Waals surface area contributed by atoms with E-state index in [0.717, 1.165) is 6.07 Å². The number of hydrogen-bond acceptors (Lipinski definition) is 2. The minimum absolute atomic E-state index is 0.0947. The van der Waals surface area contributed by atoms with Crippen LogP contribution >= 0.6 is 27.5 Å². The monoisotopic (exact) mass is 368 g/mol. The third kappa shape index (κ3) is 2.30. The number of fused-ring (bicyclic) bond motifs is 1. The third-order valence-corrected chi connectivity index (χ3v) is 3.91. The van der Waals surface area contributed by atoms with Gasteiger partial charge in [-0.25, -0.2) is 14.2 Å². The fraction of sp³-hybridized carbons (Fsp3) is 0. The van der Waals surface area contributed by atoms with Crippen LogP contribution in [0.3, 0.4) is 0 Å². The zero-order valence-electron chi connectivity index (χ0n) is 10.3. The number of para-hydroxylation sites is 1. The number of aromatic carboxylic acids is 1. The van der Waals surface area contributed by atoms with Crippen LogP contribution in [0.5, 0.6) is 0 Å². The van der Waals surface area contributed by atoms with Crippen molar-refractivity contribution in [1.29, 1.82) is 0 Å². The highest BCUT2D eigenvalue weighted by Crippen LogP contribution is 2.33. The van der Waals surface area contributed by atoms with E-state index < -0.39 is 11.8 Å². The number of nitrogens with zero attached hydrogens (tertiary/aromatic N) is 2. The van der Waals surface area contributed by atoms with E-state index in [1.54, 1.807) is 12.1 Å². The topological polar surface area (TPSA) is 55.1 Å². The Morgan fingerprint density at radius 1 is 1.38 bits per heavy atom. The lowest BCUT2D eigenvalue weighted by molar-refractivity contribution is 0.0698. The summed E-state index contributed by atoms with van der Waals surface area (Å²) in [6.07, 6.45) is 1.46. The van der Waals surface area contributed by atoms with Crippen molar-refractivity contribution in [2.24, 2.45) is 0 Å². The molecule has 0 aliphatic rings. The van der Waals surface area contributed by atoms with Gasteiger partial charge in [-0.05, 0) is 40.2 Å². The van der Waals surface area contributed by atoms with Gasteiger partial charge < -0.3 is 5.11 Å². The van der Waals surface area contributed by atoms with Crippen molar-refractivity contribution in [2.45, 2.75) is 0 Å². The standard InChI is InChI=1S/C14H7BrClFN2O2/c15-9-4-7(17)5-10(16)13(9)19-6-18-11-3-1-2-8(12(11)19)14(20)21/h1-6H,(H,20,21). The fourth-order valence-electron chi connectivity index (χ4n) is 2.17. The number of carboxylic acids is 1. The summed E-state index contributed by atoms with van der Waals surface area (Å²) in [5.41, 5.74) is 1.45. The summed E-state index contributed by atoms with van der Waals surface area (Å²) in [6, 6.07) is 7.22. The van der Waals surface area contributed by atoms with E-state index in [4.69, 9.17) is 11.6 Å². The molecule has 0 amide bonds. The van der Waals surface area contributed by atoms with Gasteiger partial charge >= 0.3 is 5.97 Å². The molecule has 0 fully saturated rings. The molecule has 0 bridgehead atoms. The summed E-state index contributed by atoms with van der Waals surface area (Å²) in [5, 5.41) is 9.46. The summed E-state index contributed by atoms with van der Waals surface area (Å²) in [6.45, 7) is 0. The lowest BCUT2D eigenvalue weighted by Gasteiger charge is -2.11. The number of halogens is 3. The predicted molar refractivity (Wildman–Crippen MR) is 80.7 cm³/mol. The van der Waals surface area contributed by atoms with E-state index in [1.807, 2.05) is 0 Å². The van der Waals surface area contributed by atoms with Gasteiger partial charge in [-0.2, -0.15) is 0 Å². The normalized spacial score (nSPS) is 11.0. The van der Waals surface area contributed by atoms with Gasteiger partial charge in [-0.1, -0.05) is 17.7 Å². The second kappa shape index (κ2) is 5.13. The first kappa shape index (κ1) is 14.0. The minimum Gasteiger partial charge on any atom is -0.478 e. The lowest BCUT2D eigenvalue weighted by atomic mass is 10.1. The van der Waals surface area contributed by atoms with Crippen LogP contribution in [-0.2, 0) is 0 Å². The number of carboxylic acid groups (broad SMARTS) is 1. The SMILES string of the molecule is O=C(O)c1cccc2ncn(-c3c(Cl)cc(F)cc3Br)c12. The molecule has 0 saturated carbocycles. The molecule has 1 N–H and O–H groups in total. The lowest BCUT2D eigenvalue weighted by Crippen LogP contribution is -2.03. The van der Waals surface area contributed by atoms with E-state index in [0.29, 0.717) is 21.2 Å². The second-order valence-corrected chi connectivity index (χ2v) is 5.57. The van der Waals surface area contributed by atoms with E-state index in [9.17, 15) is 14.3 Å². The number of imidazole rings is 1. The van der Waals surface area contributed by atoms with Gasteiger partial charge in [0.15, 0.2) is 0 Å². The smallest absolute Gasteiger partial charge is 0.337 e. The summed E-state index contributed by atoms with van der Waals surface area (Å²) in [5.74, 6) is -1.56. The Kier molecular flexibility index (Phi) is 3.43. The van der Waals surface area contributed by atoms with Crippen molar-refractivity contribution >= 4 is 44.5 Å². The number of hydrogen-bond donors (Lipinski definition) is 1. The first-order valence-corrected chi connectivity index (χ1v) is 7.00. The van der Waals surface area contributed by atoms with Crippen molar-refractivity contribution in [2.75, 3.05) is 0 Å². The van der Waals surface area contributed by atoms with Crippen LogP contribution in [-0.4, -0.2) is 20.6 Å². The first-order valence-electron chi connectivity index (χ1n) is 5.83. The van der Waals surface area contributed by atoms with Gasteiger partial charge in [0.2, 0.25) is 0 Å². The van der Waals surface area contributed by atoms with Crippen LogP contribution in [0.2, 0.25) is 5.02 Å². The van der Waals surface area contributed by atoms with Crippen molar-refractivity contribution in [3.63, 3.8) is 0 Å². The highest BCUT2D eigenvalue weighted by Gasteiger charge is 2.18. The molecule has 3 rings (SSSR count). The molecule has 7 heteroatoms. The molecular formula is C14H7BrClFN2O2. The Hall–Kier alpha value is -1.92.